The number of benzene rings is 1. The summed E-state index contributed by atoms with van der Waals surface area (Å²) in [6, 6.07) is 9.90. The number of hydrogen-bond donors (Lipinski definition) is 0. The van der Waals surface area contributed by atoms with Gasteiger partial charge in [0.05, 0.1) is 11.9 Å². The van der Waals surface area contributed by atoms with Crippen molar-refractivity contribution in [2.75, 3.05) is 0 Å². The number of carbonyl (C=O) groups excluding carboxylic acids is 1. The summed E-state index contributed by atoms with van der Waals surface area (Å²) in [5, 5.41) is 4.24. The Morgan fingerprint density at radius 2 is 2.06 bits per heavy atom. The third-order valence-electron chi connectivity index (χ3n) is 2.17. The van der Waals surface area contributed by atoms with Crippen LogP contribution in [0.15, 0.2) is 48.8 Å². The van der Waals surface area contributed by atoms with Gasteiger partial charge in [0.15, 0.2) is 0 Å². The standard InChI is InChI=1S/C13H12N2O/c16-9-5-4-6-12-10-14-15(11-12)13-7-2-1-3-8-13/h1-4,6-11H,5H2. The van der Waals surface area contributed by atoms with E-state index in [1.165, 1.54) is 0 Å². The maximum absolute atomic E-state index is 10.1. The first-order chi connectivity index (χ1) is 7.90. The van der Waals surface area contributed by atoms with Crippen LogP contribution >= 0.6 is 0 Å². The van der Waals surface area contributed by atoms with Crippen LogP contribution in [0.2, 0.25) is 0 Å². The van der Waals surface area contributed by atoms with Gasteiger partial charge in [0, 0.05) is 18.2 Å². The van der Waals surface area contributed by atoms with E-state index in [1.54, 1.807) is 10.9 Å². The molecule has 16 heavy (non-hydrogen) atoms. The first-order valence-corrected chi connectivity index (χ1v) is 5.10. The lowest BCUT2D eigenvalue weighted by molar-refractivity contribution is -0.107. The van der Waals surface area contributed by atoms with Gasteiger partial charge in [-0.3, -0.25) is 0 Å². The van der Waals surface area contributed by atoms with Crippen LogP contribution in [-0.2, 0) is 4.79 Å². The number of aromatic nitrogens is 2. The van der Waals surface area contributed by atoms with Gasteiger partial charge in [-0.2, -0.15) is 5.10 Å². The molecule has 0 saturated heterocycles. The molecule has 0 saturated carbocycles. The maximum atomic E-state index is 10.1. The lowest BCUT2D eigenvalue weighted by Gasteiger charge is -1.98. The van der Waals surface area contributed by atoms with Crippen LogP contribution in [0.5, 0.6) is 0 Å². The summed E-state index contributed by atoms with van der Waals surface area (Å²) >= 11 is 0. The van der Waals surface area contributed by atoms with E-state index in [0.717, 1.165) is 17.5 Å². The maximum Gasteiger partial charge on any atom is 0.123 e. The van der Waals surface area contributed by atoms with E-state index in [2.05, 4.69) is 5.10 Å². The Bertz CT molecular complexity index is 486. The second kappa shape index (κ2) is 5.07. The summed E-state index contributed by atoms with van der Waals surface area (Å²) in [7, 11) is 0. The van der Waals surface area contributed by atoms with E-state index in [1.807, 2.05) is 48.7 Å². The zero-order valence-electron chi connectivity index (χ0n) is 8.78. The smallest absolute Gasteiger partial charge is 0.123 e. The summed E-state index contributed by atoms with van der Waals surface area (Å²) in [5.74, 6) is 0. The number of rotatable bonds is 4. The molecule has 1 aromatic carbocycles. The van der Waals surface area contributed by atoms with E-state index in [0.29, 0.717) is 6.42 Å². The molecule has 0 spiro atoms. The van der Waals surface area contributed by atoms with Gasteiger partial charge in [-0.05, 0) is 12.1 Å². The average Bonchev–Trinajstić information content (AvgIpc) is 2.79. The molecule has 0 unspecified atom stereocenters. The highest BCUT2D eigenvalue weighted by molar-refractivity contribution is 5.57. The molecule has 0 N–H and O–H groups in total. The predicted molar refractivity (Wildman–Crippen MR) is 63.3 cm³/mol. The third kappa shape index (κ3) is 2.45. The van der Waals surface area contributed by atoms with Crippen LogP contribution in [0.3, 0.4) is 0 Å². The second-order valence-corrected chi connectivity index (χ2v) is 3.36. The van der Waals surface area contributed by atoms with Crippen molar-refractivity contribution in [2.24, 2.45) is 0 Å². The van der Waals surface area contributed by atoms with Gasteiger partial charge in [-0.15, -0.1) is 0 Å². The molecule has 3 nitrogen and oxygen atoms in total. The molecule has 3 heteroatoms. The Morgan fingerprint density at radius 1 is 1.25 bits per heavy atom. The fourth-order valence-electron chi connectivity index (χ4n) is 1.40. The van der Waals surface area contributed by atoms with Crippen LogP contribution in [0.25, 0.3) is 11.8 Å². The van der Waals surface area contributed by atoms with E-state index >= 15 is 0 Å². The highest BCUT2D eigenvalue weighted by Gasteiger charge is 1.96. The Morgan fingerprint density at radius 3 is 2.81 bits per heavy atom. The Balaban J connectivity index is 2.17. The molecule has 0 amide bonds. The fourth-order valence-corrected chi connectivity index (χ4v) is 1.40. The van der Waals surface area contributed by atoms with Crippen LogP contribution in [0.4, 0.5) is 0 Å². The summed E-state index contributed by atoms with van der Waals surface area (Å²) in [6.45, 7) is 0. The Kier molecular flexibility index (Phi) is 3.28. The van der Waals surface area contributed by atoms with Gasteiger partial charge < -0.3 is 4.79 Å². The molecular weight excluding hydrogens is 200 g/mol. The number of carbonyl (C=O) groups is 1. The van der Waals surface area contributed by atoms with E-state index in [-0.39, 0.29) is 0 Å². The van der Waals surface area contributed by atoms with Crippen LogP contribution in [0, 0.1) is 0 Å². The van der Waals surface area contributed by atoms with E-state index < -0.39 is 0 Å². The van der Waals surface area contributed by atoms with Crippen molar-refractivity contribution < 1.29 is 4.79 Å². The first-order valence-electron chi connectivity index (χ1n) is 5.10. The average molecular weight is 212 g/mol. The normalized spacial score (nSPS) is 10.8. The van der Waals surface area contributed by atoms with Crippen molar-refractivity contribution in [2.45, 2.75) is 6.42 Å². The largest absolute Gasteiger partial charge is 0.303 e. The zero-order chi connectivity index (χ0) is 11.2. The zero-order valence-corrected chi connectivity index (χ0v) is 8.78. The number of allylic oxidation sites excluding steroid dienone is 1. The molecule has 0 aliphatic rings. The minimum atomic E-state index is 0.441. The van der Waals surface area contributed by atoms with Gasteiger partial charge in [0.1, 0.15) is 6.29 Å². The Labute approximate surface area is 94.0 Å². The second-order valence-electron chi connectivity index (χ2n) is 3.36. The Hall–Kier alpha value is -2.16. The summed E-state index contributed by atoms with van der Waals surface area (Å²) < 4.78 is 1.81. The van der Waals surface area contributed by atoms with Crippen LogP contribution in [-0.4, -0.2) is 16.1 Å². The molecule has 2 rings (SSSR count). The summed E-state index contributed by atoms with van der Waals surface area (Å²) in [4.78, 5) is 10.1. The molecule has 80 valence electrons. The molecule has 1 heterocycles. The number of hydrogen-bond acceptors (Lipinski definition) is 2. The fraction of sp³-hybridized carbons (Fsp3) is 0.0769. The lowest BCUT2D eigenvalue weighted by Crippen LogP contribution is -1.92. The number of aldehydes is 1. The van der Waals surface area contributed by atoms with Gasteiger partial charge in [0.2, 0.25) is 0 Å². The van der Waals surface area contributed by atoms with Crippen molar-refractivity contribution in [1.82, 2.24) is 9.78 Å². The van der Waals surface area contributed by atoms with Crippen molar-refractivity contribution in [3.8, 4) is 5.69 Å². The van der Waals surface area contributed by atoms with Crippen molar-refractivity contribution in [3.63, 3.8) is 0 Å². The van der Waals surface area contributed by atoms with Gasteiger partial charge in [-0.25, -0.2) is 4.68 Å². The molecule has 0 radical (unpaired) electrons. The minimum absolute atomic E-state index is 0.441. The first kappa shape index (κ1) is 10.4. The third-order valence-corrected chi connectivity index (χ3v) is 2.17. The topological polar surface area (TPSA) is 34.9 Å². The number of para-hydroxylation sites is 1. The number of nitrogens with zero attached hydrogens (tertiary/aromatic N) is 2. The summed E-state index contributed by atoms with van der Waals surface area (Å²) in [5.41, 5.74) is 2.02. The molecule has 0 aliphatic heterocycles. The van der Waals surface area contributed by atoms with Gasteiger partial charge >= 0.3 is 0 Å². The molecule has 0 atom stereocenters. The highest BCUT2D eigenvalue weighted by Crippen LogP contribution is 2.08. The van der Waals surface area contributed by atoms with Gasteiger partial charge in [-0.1, -0.05) is 30.4 Å². The minimum Gasteiger partial charge on any atom is -0.303 e. The molecule has 2 aromatic rings. The molecule has 0 bridgehead atoms. The van der Waals surface area contributed by atoms with Crippen LogP contribution < -0.4 is 0 Å². The molecule has 0 aliphatic carbocycles. The van der Waals surface area contributed by atoms with E-state index in [4.69, 9.17) is 0 Å². The lowest BCUT2D eigenvalue weighted by atomic mass is 10.3. The predicted octanol–water partition coefficient (Wildman–Crippen LogP) is 2.47. The highest BCUT2D eigenvalue weighted by atomic mass is 16.1. The quantitative estimate of drug-likeness (QED) is 0.730. The monoisotopic (exact) mass is 212 g/mol. The molecule has 1 aromatic heterocycles. The molecule has 0 fully saturated rings. The van der Waals surface area contributed by atoms with Crippen LogP contribution in [0.1, 0.15) is 12.0 Å². The van der Waals surface area contributed by atoms with Crippen molar-refractivity contribution >= 4 is 12.4 Å². The SMILES string of the molecule is O=CCC=Cc1cnn(-c2ccccc2)c1. The molecular formula is C13H12N2O. The summed E-state index contributed by atoms with van der Waals surface area (Å²) in [6.07, 6.45) is 8.72. The van der Waals surface area contributed by atoms with Crippen molar-refractivity contribution in [1.29, 1.82) is 0 Å². The van der Waals surface area contributed by atoms with E-state index in [9.17, 15) is 4.79 Å². The van der Waals surface area contributed by atoms with Gasteiger partial charge in [0.25, 0.3) is 0 Å². The van der Waals surface area contributed by atoms with Crippen molar-refractivity contribution in [3.05, 3.63) is 54.4 Å².